The molecule has 0 radical (unpaired) electrons. The molecule has 4 rings (SSSR count). The first kappa shape index (κ1) is 25.5. The third-order valence-corrected chi connectivity index (χ3v) is 6.10. The Hall–Kier alpha value is -3.63. The highest BCUT2D eigenvalue weighted by Crippen LogP contribution is 2.28. The van der Waals surface area contributed by atoms with Crippen LogP contribution in [0.1, 0.15) is 30.8 Å². The summed E-state index contributed by atoms with van der Waals surface area (Å²) < 4.78 is 35.6. The minimum absolute atomic E-state index is 0.0559. The van der Waals surface area contributed by atoms with E-state index in [1.54, 1.807) is 42.3 Å². The molecule has 8 nitrogen and oxygen atoms in total. The van der Waals surface area contributed by atoms with Crippen molar-refractivity contribution in [1.82, 2.24) is 24.3 Å². The Balaban J connectivity index is 1.69. The zero-order valence-corrected chi connectivity index (χ0v) is 20.8. The van der Waals surface area contributed by atoms with Gasteiger partial charge in [-0.05, 0) is 39.3 Å². The number of aromatic nitrogens is 5. The second-order valence-corrected chi connectivity index (χ2v) is 9.35. The highest BCUT2D eigenvalue weighted by atomic mass is 35.5. The molecule has 0 amide bonds. The first-order valence-electron chi connectivity index (χ1n) is 11.0. The van der Waals surface area contributed by atoms with E-state index in [1.165, 1.54) is 4.57 Å². The van der Waals surface area contributed by atoms with E-state index in [0.717, 1.165) is 11.8 Å². The molecule has 0 saturated heterocycles. The van der Waals surface area contributed by atoms with Gasteiger partial charge in [-0.2, -0.15) is 5.10 Å². The largest absolute Gasteiger partial charge is 0.485 e. The fourth-order valence-corrected chi connectivity index (χ4v) is 3.75. The molecule has 0 aliphatic carbocycles. The molecule has 4 heterocycles. The number of aliphatic hydroxyl groups excluding tert-OH is 1. The number of aryl methyl sites for hydroxylation is 2. The average molecular weight is 516 g/mol. The van der Waals surface area contributed by atoms with E-state index in [2.05, 4.69) is 15.1 Å². The smallest absolute Gasteiger partial charge is 0.277 e. The van der Waals surface area contributed by atoms with E-state index in [4.69, 9.17) is 16.3 Å². The number of nitrogens with zero attached hydrogens (tertiary/aromatic N) is 5. The molecular formula is C25H24ClF2N5O3. The molecule has 0 fully saturated rings. The molecule has 4 aromatic heterocycles. The molecule has 0 bridgehead atoms. The van der Waals surface area contributed by atoms with Crippen LogP contribution in [0.5, 0.6) is 5.75 Å². The van der Waals surface area contributed by atoms with Gasteiger partial charge in [0, 0.05) is 35.8 Å². The summed E-state index contributed by atoms with van der Waals surface area (Å²) in [5.74, 6) is -1.61. The maximum Gasteiger partial charge on any atom is 0.277 e. The van der Waals surface area contributed by atoms with Crippen LogP contribution in [-0.2, 0) is 12.1 Å². The third kappa shape index (κ3) is 4.87. The van der Waals surface area contributed by atoms with E-state index < -0.39 is 22.7 Å². The number of hydrogen-bond acceptors (Lipinski definition) is 6. The average Bonchev–Trinajstić information content (AvgIpc) is 3.34. The number of halogens is 3. The Morgan fingerprint density at radius 3 is 2.56 bits per heavy atom. The van der Waals surface area contributed by atoms with Crippen LogP contribution < -0.4 is 10.3 Å². The van der Waals surface area contributed by atoms with Gasteiger partial charge in [0.25, 0.3) is 5.56 Å². The molecule has 0 unspecified atom stereocenters. The van der Waals surface area contributed by atoms with Crippen molar-refractivity contribution in [3.8, 4) is 22.7 Å². The van der Waals surface area contributed by atoms with Crippen LogP contribution in [-0.4, -0.2) is 36.0 Å². The second-order valence-electron chi connectivity index (χ2n) is 8.98. The van der Waals surface area contributed by atoms with Gasteiger partial charge < -0.3 is 9.84 Å². The maximum absolute atomic E-state index is 13.9. The minimum atomic E-state index is -0.859. The van der Waals surface area contributed by atoms with Gasteiger partial charge in [0.05, 0.1) is 35.9 Å². The van der Waals surface area contributed by atoms with Crippen molar-refractivity contribution in [2.24, 2.45) is 0 Å². The minimum Gasteiger partial charge on any atom is -0.485 e. The van der Waals surface area contributed by atoms with Crippen LogP contribution in [0.3, 0.4) is 0 Å². The quantitative estimate of drug-likeness (QED) is 0.393. The van der Waals surface area contributed by atoms with Gasteiger partial charge in [-0.3, -0.25) is 24.0 Å². The SMILES string of the molecule is Cc1cnc(-c2cnn(C(C)(C)CO)c2)cc1-n1c(C)cc(OCc2ncc(F)cc2F)c(Cl)c1=O. The summed E-state index contributed by atoms with van der Waals surface area (Å²) in [4.78, 5) is 21.4. The van der Waals surface area contributed by atoms with E-state index >= 15 is 0 Å². The van der Waals surface area contributed by atoms with Crippen LogP contribution in [0.25, 0.3) is 16.9 Å². The summed E-state index contributed by atoms with van der Waals surface area (Å²) >= 11 is 6.34. The first-order chi connectivity index (χ1) is 17.0. The molecule has 1 N–H and O–H groups in total. The van der Waals surface area contributed by atoms with Crippen molar-refractivity contribution in [3.63, 3.8) is 0 Å². The molecule has 36 heavy (non-hydrogen) atoms. The van der Waals surface area contributed by atoms with Gasteiger partial charge in [-0.15, -0.1) is 0 Å². The zero-order valence-electron chi connectivity index (χ0n) is 20.1. The lowest BCUT2D eigenvalue weighted by Crippen LogP contribution is -2.30. The van der Waals surface area contributed by atoms with Crippen LogP contribution >= 0.6 is 11.6 Å². The van der Waals surface area contributed by atoms with E-state index in [1.807, 2.05) is 20.8 Å². The van der Waals surface area contributed by atoms with Crippen molar-refractivity contribution in [2.45, 2.75) is 39.8 Å². The summed E-state index contributed by atoms with van der Waals surface area (Å²) in [7, 11) is 0. The molecule has 0 aliphatic heterocycles. The van der Waals surface area contributed by atoms with Gasteiger partial charge in [0.15, 0.2) is 5.82 Å². The van der Waals surface area contributed by atoms with Crippen LogP contribution in [0.15, 0.2) is 47.8 Å². The monoisotopic (exact) mass is 515 g/mol. The topological polar surface area (TPSA) is 95.1 Å². The summed E-state index contributed by atoms with van der Waals surface area (Å²) in [6, 6.07) is 4.02. The molecule has 4 aromatic rings. The fraction of sp³-hybridized carbons (Fsp3) is 0.280. The number of hydrogen-bond donors (Lipinski definition) is 1. The molecule has 0 atom stereocenters. The molecule has 188 valence electrons. The van der Waals surface area contributed by atoms with Gasteiger partial charge in [-0.1, -0.05) is 11.6 Å². The highest BCUT2D eigenvalue weighted by molar-refractivity contribution is 6.31. The van der Waals surface area contributed by atoms with Crippen molar-refractivity contribution in [1.29, 1.82) is 0 Å². The van der Waals surface area contributed by atoms with Crippen LogP contribution in [0.4, 0.5) is 8.78 Å². The number of ether oxygens (including phenoxy) is 1. The van der Waals surface area contributed by atoms with Gasteiger partial charge in [0.2, 0.25) is 0 Å². The van der Waals surface area contributed by atoms with E-state index in [9.17, 15) is 18.7 Å². The summed E-state index contributed by atoms with van der Waals surface area (Å²) in [5.41, 5.74) is 1.87. The lowest BCUT2D eigenvalue weighted by molar-refractivity contribution is 0.152. The standard InChI is InChI=1S/C25H24ClF2N5O3/c1-14-8-29-19(16-9-31-32(11-16)25(3,4)13-34)7-21(14)33-15(2)5-22(23(26)24(33)35)36-12-20-18(28)6-17(27)10-30-20/h5-11,34H,12-13H2,1-4H3. The van der Waals surface area contributed by atoms with Gasteiger partial charge in [0.1, 0.15) is 28.9 Å². The predicted molar refractivity (Wildman–Crippen MR) is 130 cm³/mol. The van der Waals surface area contributed by atoms with Crippen molar-refractivity contribution in [3.05, 3.63) is 86.9 Å². The number of pyridine rings is 3. The summed E-state index contributed by atoms with van der Waals surface area (Å²) in [5, 5.41) is 13.8. The number of aliphatic hydroxyl groups is 1. The van der Waals surface area contributed by atoms with Crippen LogP contribution in [0, 0.1) is 25.5 Å². The maximum atomic E-state index is 13.9. The molecule has 0 aliphatic rings. The van der Waals surface area contributed by atoms with Crippen molar-refractivity contribution < 1.29 is 18.6 Å². The molecule has 11 heteroatoms. The van der Waals surface area contributed by atoms with Crippen molar-refractivity contribution >= 4 is 11.6 Å². The van der Waals surface area contributed by atoms with Gasteiger partial charge in [-0.25, -0.2) is 8.78 Å². The Kier molecular flexibility index (Phi) is 6.92. The van der Waals surface area contributed by atoms with Gasteiger partial charge >= 0.3 is 0 Å². The lowest BCUT2D eigenvalue weighted by Gasteiger charge is -2.22. The highest BCUT2D eigenvalue weighted by Gasteiger charge is 2.21. The van der Waals surface area contributed by atoms with E-state index in [-0.39, 0.29) is 29.7 Å². The second kappa shape index (κ2) is 9.79. The third-order valence-electron chi connectivity index (χ3n) is 5.75. The molecule has 0 aromatic carbocycles. The van der Waals surface area contributed by atoms with E-state index in [0.29, 0.717) is 28.7 Å². The molecule has 0 saturated carbocycles. The Morgan fingerprint density at radius 2 is 1.86 bits per heavy atom. The zero-order chi connectivity index (χ0) is 26.2. The number of rotatable bonds is 7. The fourth-order valence-electron chi connectivity index (χ4n) is 3.55. The Bertz CT molecular complexity index is 1500. The lowest BCUT2D eigenvalue weighted by atomic mass is 10.1. The van der Waals surface area contributed by atoms with Crippen molar-refractivity contribution in [2.75, 3.05) is 6.61 Å². The Labute approximate surface area is 210 Å². The van der Waals surface area contributed by atoms with Crippen LogP contribution in [0.2, 0.25) is 5.02 Å². The summed E-state index contributed by atoms with van der Waals surface area (Å²) in [6.07, 6.45) is 5.94. The molecular weight excluding hydrogens is 492 g/mol. The normalized spacial score (nSPS) is 11.7. The first-order valence-corrected chi connectivity index (χ1v) is 11.4. The Morgan fingerprint density at radius 1 is 1.11 bits per heavy atom. The molecule has 0 spiro atoms. The summed E-state index contributed by atoms with van der Waals surface area (Å²) in [6.45, 7) is 6.81. The predicted octanol–water partition coefficient (Wildman–Crippen LogP) is 4.35.